The third-order valence-electron chi connectivity index (χ3n) is 3.38. The molecule has 1 heterocycles. The Morgan fingerprint density at radius 1 is 1.08 bits per heavy atom. The summed E-state index contributed by atoms with van der Waals surface area (Å²) in [5.74, 6) is 0.737. The lowest BCUT2D eigenvalue weighted by molar-refractivity contribution is 0.606. The third-order valence-corrected chi connectivity index (χ3v) is 4.40. The second-order valence-corrected chi connectivity index (χ2v) is 6.38. The van der Waals surface area contributed by atoms with E-state index in [1.165, 1.54) is 31.3 Å². The van der Waals surface area contributed by atoms with Gasteiger partial charge in [-0.05, 0) is 55.5 Å². The molecule has 0 atom stereocenters. The summed E-state index contributed by atoms with van der Waals surface area (Å²) < 4.78 is 39.2. The molecular weight excluding hydrogens is 355 g/mol. The number of benzene rings is 1. The molecule has 1 nitrogen and oxygen atoms in total. The second-order valence-electron chi connectivity index (χ2n) is 5.16. The summed E-state index contributed by atoms with van der Waals surface area (Å²) in [6.45, 7) is 8.20. The topological polar surface area (TPSA) is 12.0 Å². The van der Waals surface area contributed by atoms with Gasteiger partial charge in [-0.15, -0.1) is 0 Å². The van der Waals surface area contributed by atoms with Crippen LogP contribution in [-0.2, 0) is 6.42 Å². The van der Waals surface area contributed by atoms with Crippen molar-refractivity contribution >= 4 is 11.8 Å². The van der Waals surface area contributed by atoms with Gasteiger partial charge in [0.15, 0.2) is 0 Å². The summed E-state index contributed by atoms with van der Waals surface area (Å²) in [5, 5.41) is 2.95. The fraction of sp³-hybridized carbons (Fsp3) is 0.429. The quantitative estimate of drug-likeness (QED) is 0.575. The molecule has 0 saturated heterocycles. The Labute approximate surface area is 160 Å². The van der Waals surface area contributed by atoms with E-state index in [2.05, 4.69) is 5.32 Å². The number of hydrogen-bond donors (Lipinski definition) is 1. The molecule has 1 aromatic carbocycles. The lowest BCUT2D eigenvalue weighted by atomic mass is 10.2. The van der Waals surface area contributed by atoms with Gasteiger partial charge < -0.3 is 5.32 Å². The highest BCUT2D eigenvalue weighted by Crippen LogP contribution is 2.19. The van der Waals surface area contributed by atoms with E-state index < -0.39 is 11.7 Å². The van der Waals surface area contributed by atoms with Crippen LogP contribution in [0.1, 0.15) is 39.7 Å². The molecule has 2 rings (SSSR count). The van der Waals surface area contributed by atoms with Crippen molar-refractivity contribution in [3.8, 4) is 0 Å². The lowest BCUT2D eigenvalue weighted by Gasteiger charge is -2.03. The summed E-state index contributed by atoms with van der Waals surface area (Å²) >= 11 is 1.75. The monoisotopic (exact) mass is 385 g/mol. The zero-order valence-corrected chi connectivity index (χ0v) is 16.9. The van der Waals surface area contributed by atoms with Crippen LogP contribution < -0.4 is 5.32 Å². The van der Waals surface area contributed by atoms with E-state index in [-0.39, 0.29) is 11.4 Å². The van der Waals surface area contributed by atoms with Crippen molar-refractivity contribution in [2.45, 2.75) is 40.5 Å². The fourth-order valence-corrected chi connectivity index (χ4v) is 2.65. The number of nitrogens with one attached hydrogen (secondary N) is 1. The third kappa shape index (κ3) is 10.4. The zero-order valence-electron chi connectivity index (χ0n) is 16.1. The van der Waals surface area contributed by atoms with E-state index in [0.29, 0.717) is 6.42 Å². The molecule has 5 heteroatoms. The molecule has 0 saturated carbocycles. The van der Waals surface area contributed by atoms with Gasteiger partial charge in [0.25, 0.3) is 0 Å². The van der Waals surface area contributed by atoms with Crippen molar-refractivity contribution in [1.29, 1.82) is 0 Å². The Bertz CT molecular complexity index is 595. The molecule has 1 N–H and O–H groups in total. The number of allylic oxidation sites excluding steroid dienone is 5. The van der Waals surface area contributed by atoms with Crippen LogP contribution in [0.3, 0.4) is 0 Å². The highest BCUT2D eigenvalue weighted by Gasteiger charge is 2.04. The van der Waals surface area contributed by atoms with Crippen LogP contribution in [0.4, 0.5) is 13.2 Å². The minimum atomic E-state index is -0.524. The van der Waals surface area contributed by atoms with Gasteiger partial charge in [-0.3, -0.25) is 0 Å². The highest BCUT2D eigenvalue weighted by molar-refractivity contribution is 7.99. The van der Waals surface area contributed by atoms with Crippen molar-refractivity contribution in [2.24, 2.45) is 0 Å². The average Bonchev–Trinajstić information content (AvgIpc) is 2.67. The SMILES string of the molecule is CC.CC1=C(F)/C=C/NCCSCC/C=C\1F.CCc1ccccc1F. The van der Waals surface area contributed by atoms with Gasteiger partial charge in [-0.2, -0.15) is 11.8 Å². The molecule has 0 radical (unpaired) electrons. The average molecular weight is 386 g/mol. The minimum absolute atomic E-state index is 0.0682. The first-order chi connectivity index (χ1) is 12.6. The molecule has 0 amide bonds. The second kappa shape index (κ2) is 15.6. The van der Waals surface area contributed by atoms with Crippen LogP contribution in [-0.4, -0.2) is 18.1 Å². The van der Waals surface area contributed by atoms with Crippen molar-refractivity contribution < 1.29 is 13.2 Å². The molecule has 0 unspecified atom stereocenters. The Morgan fingerprint density at radius 3 is 2.38 bits per heavy atom. The molecular formula is C21H30F3NS. The fourth-order valence-electron chi connectivity index (χ4n) is 1.89. The van der Waals surface area contributed by atoms with Crippen LogP contribution in [0.15, 0.2) is 59.8 Å². The molecule has 146 valence electrons. The molecule has 0 bridgehead atoms. The smallest absolute Gasteiger partial charge is 0.130 e. The summed E-state index contributed by atoms with van der Waals surface area (Å²) in [5.41, 5.74) is 0.858. The summed E-state index contributed by atoms with van der Waals surface area (Å²) in [4.78, 5) is 0. The van der Waals surface area contributed by atoms with Gasteiger partial charge in [0.2, 0.25) is 0 Å². The largest absolute Gasteiger partial charge is 0.390 e. The van der Waals surface area contributed by atoms with E-state index in [1.54, 1.807) is 23.9 Å². The van der Waals surface area contributed by atoms with Crippen molar-refractivity contribution in [3.63, 3.8) is 0 Å². The summed E-state index contributed by atoms with van der Waals surface area (Å²) in [6, 6.07) is 6.84. The summed E-state index contributed by atoms with van der Waals surface area (Å²) in [6.07, 6.45) is 5.64. The first-order valence-corrected chi connectivity index (χ1v) is 10.1. The maximum absolute atomic E-state index is 13.3. The van der Waals surface area contributed by atoms with E-state index >= 15 is 0 Å². The van der Waals surface area contributed by atoms with Gasteiger partial charge in [0.1, 0.15) is 17.5 Å². The first-order valence-electron chi connectivity index (χ1n) is 8.99. The molecule has 26 heavy (non-hydrogen) atoms. The normalized spacial score (nSPS) is 21.1. The molecule has 0 aromatic heterocycles. The van der Waals surface area contributed by atoms with Crippen LogP contribution >= 0.6 is 11.8 Å². The number of halogens is 3. The Hall–Kier alpha value is -1.62. The molecule has 1 aliphatic rings. The van der Waals surface area contributed by atoms with Gasteiger partial charge >= 0.3 is 0 Å². The van der Waals surface area contributed by atoms with Crippen LogP contribution in [0.5, 0.6) is 0 Å². The van der Waals surface area contributed by atoms with Gasteiger partial charge in [-0.25, -0.2) is 13.2 Å². The standard InChI is InChI=1S/C11H15F2NS.C8H9F.C2H6/c1-9-10(12)3-2-7-15-8-6-14-5-4-11(9)13;1-2-7-5-3-4-6-8(7)9;1-2/h3-5,14H,2,6-8H2,1H3;3-6H,2H2,1H3;1-2H3/b5-4+,10-3+,11-9+;;. The minimum Gasteiger partial charge on any atom is -0.390 e. The van der Waals surface area contributed by atoms with E-state index in [1.807, 2.05) is 26.8 Å². The molecule has 0 aliphatic carbocycles. The molecule has 0 fully saturated rings. The zero-order chi connectivity index (χ0) is 19.8. The van der Waals surface area contributed by atoms with Gasteiger partial charge in [-0.1, -0.05) is 39.0 Å². The van der Waals surface area contributed by atoms with E-state index in [4.69, 9.17) is 0 Å². The number of hydrogen-bond acceptors (Lipinski definition) is 2. The predicted octanol–water partition coefficient (Wildman–Crippen LogP) is 6.74. The van der Waals surface area contributed by atoms with Crippen molar-refractivity contribution in [3.05, 3.63) is 71.2 Å². The number of thioether (sulfide) groups is 1. The van der Waals surface area contributed by atoms with Crippen LogP contribution in [0.25, 0.3) is 0 Å². The predicted molar refractivity (Wildman–Crippen MR) is 109 cm³/mol. The van der Waals surface area contributed by atoms with Crippen LogP contribution in [0, 0.1) is 5.82 Å². The van der Waals surface area contributed by atoms with Gasteiger partial charge in [0, 0.05) is 17.9 Å². The number of rotatable bonds is 1. The molecule has 1 aromatic rings. The van der Waals surface area contributed by atoms with Crippen molar-refractivity contribution in [1.82, 2.24) is 5.32 Å². The Kier molecular flexibility index (Phi) is 14.6. The van der Waals surface area contributed by atoms with E-state index in [9.17, 15) is 13.2 Å². The first kappa shape index (κ1) is 24.4. The van der Waals surface area contributed by atoms with Crippen LogP contribution in [0.2, 0.25) is 0 Å². The Balaban J connectivity index is 0.000000484. The van der Waals surface area contributed by atoms with Gasteiger partial charge in [0.05, 0.1) is 0 Å². The van der Waals surface area contributed by atoms with E-state index in [0.717, 1.165) is 30.0 Å². The maximum Gasteiger partial charge on any atom is 0.130 e. The molecule has 0 spiro atoms. The van der Waals surface area contributed by atoms with Crippen molar-refractivity contribution in [2.75, 3.05) is 18.1 Å². The lowest BCUT2D eigenvalue weighted by Crippen LogP contribution is -2.09. The number of aryl methyl sites for hydroxylation is 1. The Morgan fingerprint density at radius 2 is 1.77 bits per heavy atom. The highest BCUT2D eigenvalue weighted by atomic mass is 32.2. The molecule has 1 aliphatic heterocycles. The summed E-state index contributed by atoms with van der Waals surface area (Å²) in [7, 11) is 0. The maximum atomic E-state index is 13.3.